The predicted octanol–water partition coefficient (Wildman–Crippen LogP) is 2.28. The van der Waals surface area contributed by atoms with Crippen molar-refractivity contribution in [3.63, 3.8) is 0 Å². The quantitative estimate of drug-likeness (QED) is 0.643. The Morgan fingerprint density at radius 1 is 0.903 bits per heavy atom. The third-order valence-electron chi connectivity index (χ3n) is 5.55. The summed E-state index contributed by atoms with van der Waals surface area (Å²) in [5.41, 5.74) is 2.59. The van der Waals surface area contributed by atoms with Crippen LogP contribution in [-0.2, 0) is 0 Å². The molecule has 2 aliphatic heterocycles. The van der Waals surface area contributed by atoms with E-state index in [0.717, 1.165) is 23.0 Å². The fourth-order valence-corrected chi connectivity index (χ4v) is 4.02. The van der Waals surface area contributed by atoms with Gasteiger partial charge in [0, 0.05) is 43.5 Å². The lowest BCUT2D eigenvalue weighted by Crippen LogP contribution is -2.49. The summed E-state index contributed by atoms with van der Waals surface area (Å²) in [7, 11) is 0. The summed E-state index contributed by atoms with van der Waals surface area (Å²) >= 11 is 0. The first-order chi connectivity index (χ1) is 15.0. The van der Waals surface area contributed by atoms with E-state index in [0.29, 0.717) is 49.1 Å². The molecule has 0 spiro atoms. The lowest BCUT2D eigenvalue weighted by atomic mass is 10.1. The predicted molar refractivity (Wildman–Crippen MR) is 114 cm³/mol. The third-order valence-corrected chi connectivity index (χ3v) is 5.55. The van der Waals surface area contributed by atoms with Crippen LogP contribution in [0.15, 0.2) is 30.3 Å². The van der Waals surface area contributed by atoms with Crippen LogP contribution in [0, 0.1) is 20.8 Å². The molecule has 0 unspecified atom stereocenters. The number of nitrogens with zero attached hydrogens (tertiary/aromatic N) is 6. The zero-order valence-corrected chi connectivity index (χ0v) is 17.8. The highest BCUT2D eigenvalue weighted by atomic mass is 16.7. The highest BCUT2D eigenvalue weighted by Crippen LogP contribution is 2.33. The second kappa shape index (κ2) is 7.57. The van der Waals surface area contributed by atoms with E-state index in [1.165, 1.54) is 0 Å². The topological polar surface area (TPSA) is 85.6 Å². The highest BCUT2D eigenvalue weighted by molar-refractivity contribution is 5.95. The summed E-state index contributed by atoms with van der Waals surface area (Å²) in [5.74, 6) is 3.60. The minimum atomic E-state index is 0.000137. The number of rotatable bonds is 3. The van der Waals surface area contributed by atoms with E-state index in [4.69, 9.17) is 9.47 Å². The second-order valence-corrected chi connectivity index (χ2v) is 7.82. The minimum absolute atomic E-state index is 0.000137. The number of anilines is 1. The molecule has 9 heteroatoms. The van der Waals surface area contributed by atoms with Crippen molar-refractivity contribution in [3.05, 3.63) is 53.1 Å². The summed E-state index contributed by atoms with van der Waals surface area (Å²) in [4.78, 5) is 26.2. The second-order valence-electron chi connectivity index (χ2n) is 7.82. The number of carbonyl (C=O) groups is 1. The van der Waals surface area contributed by atoms with E-state index >= 15 is 0 Å². The van der Waals surface area contributed by atoms with Gasteiger partial charge in [-0.2, -0.15) is 5.10 Å². The fourth-order valence-electron chi connectivity index (χ4n) is 4.02. The Bertz CT molecular complexity index is 1150. The summed E-state index contributed by atoms with van der Waals surface area (Å²) in [6.45, 7) is 8.69. The van der Waals surface area contributed by atoms with Crippen molar-refractivity contribution < 1.29 is 14.3 Å². The molecule has 9 nitrogen and oxygen atoms in total. The Labute approximate surface area is 180 Å². The van der Waals surface area contributed by atoms with Gasteiger partial charge in [0.1, 0.15) is 11.6 Å². The van der Waals surface area contributed by atoms with Crippen LogP contribution in [0.2, 0.25) is 0 Å². The molecule has 5 rings (SSSR count). The van der Waals surface area contributed by atoms with Gasteiger partial charge in [-0.05, 0) is 45.0 Å². The molecule has 1 fully saturated rings. The average Bonchev–Trinajstić information content (AvgIpc) is 3.37. The Morgan fingerprint density at radius 2 is 1.65 bits per heavy atom. The first kappa shape index (κ1) is 19.3. The number of aryl methyl sites for hydroxylation is 3. The molecular formula is C22H24N6O3. The summed E-state index contributed by atoms with van der Waals surface area (Å²) in [6.07, 6.45) is 0. The molecule has 0 bridgehead atoms. The molecule has 2 aliphatic rings. The standard InChI is InChI=1S/C22H24N6O3/c1-14-10-15(2)28(25-14)21-12-20(23-16(3)24-21)26-6-8-27(9-7-26)22(29)17-4-5-18-19(11-17)31-13-30-18/h4-5,10-12H,6-9,13H2,1-3H3. The number of aromatic nitrogens is 4. The SMILES string of the molecule is Cc1cc(C)n(-c2cc(N3CCN(C(=O)c4ccc5c(c4)OCO5)CC3)nc(C)n2)n1. The first-order valence-corrected chi connectivity index (χ1v) is 10.3. The van der Waals surface area contributed by atoms with Gasteiger partial charge in [0.2, 0.25) is 6.79 Å². The number of benzene rings is 1. The number of carbonyl (C=O) groups excluding carboxylic acids is 1. The first-order valence-electron chi connectivity index (χ1n) is 10.3. The lowest BCUT2D eigenvalue weighted by Gasteiger charge is -2.35. The number of ether oxygens (including phenoxy) is 2. The monoisotopic (exact) mass is 420 g/mol. The van der Waals surface area contributed by atoms with Gasteiger partial charge in [0.15, 0.2) is 17.3 Å². The molecule has 3 aromatic rings. The van der Waals surface area contributed by atoms with Crippen LogP contribution >= 0.6 is 0 Å². The molecule has 31 heavy (non-hydrogen) atoms. The largest absolute Gasteiger partial charge is 0.454 e. The maximum Gasteiger partial charge on any atom is 0.254 e. The van der Waals surface area contributed by atoms with Crippen LogP contribution in [0.1, 0.15) is 27.6 Å². The Hall–Kier alpha value is -3.62. The highest BCUT2D eigenvalue weighted by Gasteiger charge is 2.25. The van der Waals surface area contributed by atoms with E-state index in [1.807, 2.05) is 42.5 Å². The van der Waals surface area contributed by atoms with Gasteiger partial charge in [-0.25, -0.2) is 14.6 Å². The van der Waals surface area contributed by atoms with Crippen LogP contribution in [0.3, 0.4) is 0 Å². The average molecular weight is 420 g/mol. The number of amides is 1. The maximum atomic E-state index is 12.9. The van der Waals surface area contributed by atoms with Gasteiger partial charge < -0.3 is 19.3 Å². The van der Waals surface area contributed by atoms with Gasteiger partial charge in [-0.3, -0.25) is 4.79 Å². The minimum Gasteiger partial charge on any atom is -0.454 e. The van der Waals surface area contributed by atoms with Crippen molar-refractivity contribution >= 4 is 11.7 Å². The number of hydrogen-bond acceptors (Lipinski definition) is 7. The van der Waals surface area contributed by atoms with Crippen LogP contribution < -0.4 is 14.4 Å². The van der Waals surface area contributed by atoms with Crippen LogP contribution in [0.25, 0.3) is 5.82 Å². The normalized spacial score (nSPS) is 15.5. The van der Waals surface area contributed by atoms with E-state index < -0.39 is 0 Å². The van der Waals surface area contributed by atoms with Crippen LogP contribution in [0.4, 0.5) is 5.82 Å². The number of hydrogen-bond donors (Lipinski definition) is 0. The molecule has 4 heterocycles. The van der Waals surface area contributed by atoms with Crippen molar-refractivity contribution in [1.82, 2.24) is 24.6 Å². The molecule has 0 radical (unpaired) electrons. The summed E-state index contributed by atoms with van der Waals surface area (Å²) < 4.78 is 12.6. The molecule has 1 aromatic carbocycles. The van der Waals surface area contributed by atoms with Crippen molar-refractivity contribution in [2.24, 2.45) is 0 Å². The van der Waals surface area contributed by atoms with Gasteiger partial charge in [-0.1, -0.05) is 0 Å². The zero-order valence-electron chi connectivity index (χ0n) is 17.8. The Morgan fingerprint density at radius 3 is 2.39 bits per heavy atom. The van der Waals surface area contributed by atoms with E-state index in [1.54, 1.807) is 18.2 Å². The van der Waals surface area contributed by atoms with E-state index in [-0.39, 0.29) is 12.7 Å². The zero-order chi connectivity index (χ0) is 21.5. The molecule has 0 saturated carbocycles. The van der Waals surface area contributed by atoms with E-state index in [2.05, 4.69) is 20.0 Å². The van der Waals surface area contributed by atoms with Crippen molar-refractivity contribution in [1.29, 1.82) is 0 Å². The van der Waals surface area contributed by atoms with Gasteiger partial charge in [-0.15, -0.1) is 0 Å². The molecule has 0 aliphatic carbocycles. The van der Waals surface area contributed by atoms with Crippen LogP contribution in [0.5, 0.6) is 11.5 Å². The molecule has 1 amide bonds. The molecule has 0 atom stereocenters. The van der Waals surface area contributed by atoms with E-state index in [9.17, 15) is 4.79 Å². The molecule has 160 valence electrons. The van der Waals surface area contributed by atoms with Crippen molar-refractivity contribution in [3.8, 4) is 17.3 Å². The summed E-state index contributed by atoms with van der Waals surface area (Å²) in [5, 5.41) is 4.54. The molecule has 2 aromatic heterocycles. The van der Waals surface area contributed by atoms with Gasteiger partial charge >= 0.3 is 0 Å². The maximum absolute atomic E-state index is 12.9. The van der Waals surface area contributed by atoms with Crippen molar-refractivity contribution in [2.45, 2.75) is 20.8 Å². The van der Waals surface area contributed by atoms with Crippen molar-refractivity contribution in [2.75, 3.05) is 37.9 Å². The smallest absolute Gasteiger partial charge is 0.254 e. The number of piperazine rings is 1. The summed E-state index contributed by atoms with van der Waals surface area (Å²) in [6, 6.07) is 9.32. The number of fused-ring (bicyclic) bond motifs is 1. The lowest BCUT2D eigenvalue weighted by molar-refractivity contribution is 0.0746. The molecule has 1 saturated heterocycles. The third kappa shape index (κ3) is 3.67. The fraction of sp³-hybridized carbons (Fsp3) is 0.364. The molecule has 0 N–H and O–H groups in total. The molecular weight excluding hydrogens is 396 g/mol. The van der Waals surface area contributed by atoms with Crippen LogP contribution in [-0.4, -0.2) is 63.5 Å². The Balaban J connectivity index is 1.30. The Kier molecular flexibility index (Phi) is 4.72. The van der Waals surface area contributed by atoms with Gasteiger partial charge in [0.05, 0.1) is 5.69 Å². The van der Waals surface area contributed by atoms with Gasteiger partial charge in [0.25, 0.3) is 5.91 Å².